The molecule has 0 radical (unpaired) electrons. The van der Waals surface area contributed by atoms with Gasteiger partial charge in [-0.15, -0.1) is 11.6 Å². The van der Waals surface area contributed by atoms with Crippen molar-refractivity contribution in [1.82, 2.24) is 0 Å². The van der Waals surface area contributed by atoms with Crippen molar-refractivity contribution in [3.63, 3.8) is 0 Å². The second kappa shape index (κ2) is 11.9. The predicted octanol–water partition coefficient (Wildman–Crippen LogP) is 5.65. The molecule has 0 bridgehead atoms. The molecule has 0 unspecified atom stereocenters. The molecule has 1 aromatic carbocycles. The van der Waals surface area contributed by atoms with Crippen molar-refractivity contribution >= 4 is 34.8 Å². The highest BCUT2D eigenvalue weighted by atomic mass is 35.5. The van der Waals surface area contributed by atoms with Gasteiger partial charge in [0.2, 0.25) is 0 Å². The topological polar surface area (TPSA) is 34.1 Å². The molecule has 0 aliphatic rings. The van der Waals surface area contributed by atoms with E-state index >= 15 is 0 Å². The first-order chi connectivity index (χ1) is 9.47. The number of halogens is 2. The van der Waals surface area contributed by atoms with E-state index in [0.29, 0.717) is 22.6 Å². The van der Waals surface area contributed by atoms with Gasteiger partial charge in [0.1, 0.15) is 0 Å². The lowest BCUT2D eigenvalue weighted by molar-refractivity contribution is 0.0922. The number of hydrogen-bond acceptors (Lipinski definition) is 2. The zero-order valence-corrected chi connectivity index (χ0v) is 14.6. The molecule has 20 heavy (non-hydrogen) atoms. The second-order valence-corrected chi connectivity index (χ2v) is 4.42. The monoisotopic (exact) mass is 318 g/mol. The highest BCUT2D eigenvalue weighted by Crippen LogP contribution is 2.20. The number of alkyl halides is 1. The van der Waals surface area contributed by atoms with Gasteiger partial charge in [0, 0.05) is 34.9 Å². The van der Waals surface area contributed by atoms with E-state index in [1.54, 1.807) is 25.1 Å². The van der Waals surface area contributed by atoms with Crippen LogP contribution in [-0.4, -0.2) is 17.9 Å². The number of carbonyl (C=O) groups excluding carboxylic acids is 2. The first-order valence-electron chi connectivity index (χ1n) is 6.72. The largest absolute Gasteiger partial charge is 0.294 e. The SMILES string of the molecule is CC.CCC(=O)c1ccc(Cl)cc1C(=O)C(C)C.CCl. The van der Waals surface area contributed by atoms with Crippen molar-refractivity contribution in [3.8, 4) is 0 Å². The second-order valence-electron chi connectivity index (χ2n) is 3.99. The van der Waals surface area contributed by atoms with Gasteiger partial charge < -0.3 is 0 Å². The lowest BCUT2D eigenvalue weighted by atomic mass is 9.94. The molecule has 0 heterocycles. The molecule has 0 spiro atoms. The molecular formula is C16H24Cl2O2. The van der Waals surface area contributed by atoms with Gasteiger partial charge in [-0.3, -0.25) is 9.59 Å². The van der Waals surface area contributed by atoms with E-state index in [2.05, 4.69) is 11.6 Å². The van der Waals surface area contributed by atoms with Crippen LogP contribution in [0.2, 0.25) is 5.02 Å². The molecule has 4 heteroatoms. The first-order valence-corrected chi connectivity index (χ1v) is 7.85. The standard InChI is InChI=1S/C13H15ClO2.C2H6.CH3Cl/c1-4-12(15)10-6-5-9(14)7-11(10)13(16)8(2)3;2*1-2/h5-8H,4H2,1-3H3;1-2H3;1H3. The van der Waals surface area contributed by atoms with Crippen molar-refractivity contribution in [2.45, 2.75) is 41.0 Å². The van der Waals surface area contributed by atoms with Gasteiger partial charge >= 0.3 is 0 Å². The van der Waals surface area contributed by atoms with Crippen LogP contribution in [0.15, 0.2) is 18.2 Å². The maximum absolute atomic E-state index is 11.9. The van der Waals surface area contributed by atoms with Crippen molar-refractivity contribution < 1.29 is 9.59 Å². The fourth-order valence-electron chi connectivity index (χ4n) is 1.46. The Balaban J connectivity index is 0. The van der Waals surface area contributed by atoms with E-state index in [-0.39, 0.29) is 17.5 Å². The summed E-state index contributed by atoms with van der Waals surface area (Å²) in [7, 11) is 0. The summed E-state index contributed by atoms with van der Waals surface area (Å²) >= 11 is 10.5. The Bertz CT molecular complexity index is 426. The van der Waals surface area contributed by atoms with E-state index < -0.39 is 0 Å². The maximum atomic E-state index is 11.9. The minimum Gasteiger partial charge on any atom is -0.294 e. The Kier molecular flexibility index (Phi) is 12.8. The Morgan fingerprint density at radius 1 is 1.10 bits per heavy atom. The molecule has 0 aliphatic carbocycles. The maximum Gasteiger partial charge on any atom is 0.166 e. The van der Waals surface area contributed by atoms with Crippen LogP contribution in [0.5, 0.6) is 0 Å². The van der Waals surface area contributed by atoms with Crippen molar-refractivity contribution in [2.24, 2.45) is 5.92 Å². The average molecular weight is 319 g/mol. The Hall–Kier alpha value is -0.860. The molecule has 0 fully saturated rings. The minimum atomic E-state index is -0.137. The lowest BCUT2D eigenvalue weighted by Crippen LogP contribution is -2.13. The highest BCUT2D eigenvalue weighted by Gasteiger charge is 2.18. The number of ketones is 2. The summed E-state index contributed by atoms with van der Waals surface area (Å²) in [5.41, 5.74) is 0.917. The van der Waals surface area contributed by atoms with Gasteiger partial charge in [-0.2, -0.15) is 0 Å². The van der Waals surface area contributed by atoms with Crippen LogP contribution in [0.25, 0.3) is 0 Å². The zero-order valence-electron chi connectivity index (χ0n) is 13.1. The van der Waals surface area contributed by atoms with E-state index in [0.717, 1.165) is 0 Å². The van der Waals surface area contributed by atoms with Gasteiger partial charge in [0.05, 0.1) is 0 Å². The summed E-state index contributed by atoms with van der Waals surface area (Å²) in [5.74, 6) is -0.207. The third kappa shape index (κ3) is 6.53. The van der Waals surface area contributed by atoms with Crippen molar-refractivity contribution in [1.29, 1.82) is 0 Å². The quantitative estimate of drug-likeness (QED) is 0.530. The third-order valence-corrected chi connectivity index (χ3v) is 2.63. The van der Waals surface area contributed by atoms with Crippen LogP contribution in [0.4, 0.5) is 0 Å². The Morgan fingerprint density at radius 2 is 1.60 bits per heavy atom. The average Bonchev–Trinajstić information content (AvgIpc) is 2.49. The summed E-state index contributed by atoms with van der Waals surface area (Å²) in [6, 6.07) is 4.85. The molecular weight excluding hydrogens is 295 g/mol. The predicted molar refractivity (Wildman–Crippen MR) is 88.4 cm³/mol. The molecule has 0 saturated heterocycles. The van der Waals surface area contributed by atoms with E-state index in [4.69, 9.17) is 11.6 Å². The molecule has 0 saturated carbocycles. The van der Waals surface area contributed by atoms with E-state index in [1.807, 2.05) is 27.7 Å². The lowest BCUT2D eigenvalue weighted by Gasteiger charge is -2.09. The Morgan fingerprint density at radius 3 is 2.00 bits per heavy atom. The van der Waals surface area contributed by atoms with Gasteiger partial charge in [-0.1, -0.05) is 46.2 Å². The van der Waals surface area contributed by atoms with Crippen LogP contribution in [-0.2, 0) is 0 Å². The third-order valence-electron chi connectivity index (χ3n) is 2.39. The molecule has 114 valence electrons. The fourth-order valence-corrected chi connectivity index (χ4v) is 1.64. The summed E-state index contributed by atoms with van der Waals surface area (Å²) in [6.07, 6.45) is 1.86. The number of rotatable bonds is 4. The molecule has 0 aromatic heterocycles. The van der Waals surface area contributed by atoms with Gasteiger partial charge in [-0.25, -0.2) is 0 Å². The van der Waals surface area contributed by atoms with Crippen molar-refractivity contribution in [2.75, 3.05) is 6.38 Å². The van der Waals surface area contributed by atoms with Gasteiger partial charge in [0.15, 0.2) is 11.6 Å². The molecule has 1 rings (SSSR count). The smallest absolute Gasteiger partial charge is 0.166 e. The van der Waals surface area contributed by atoms with Crippen LogP contribution < -0.4 is 0 Å². The minimum absolute atomic E-state index is 0.0272. The molecule has 0 N–H and O–H groups in total. The number of hydrogen-bond donors (Lipinski definition) is 0. The molecule has 0 aliphatic heterocycles. The molecule has 0 amide bonds. The number of benzene rings is 1. The van der Waals surface area contributed by atoms with Crippen LogP contribution in [0.1, 0.15) is 61.8 Å². The summed E-state index contributed by atoms with van der Waals surface area (Å²) in [5, 5.41) is 0.483. The van der Waals surface area contributed by atoms with Crippen molar-refractivity contribution in [3.05, 3.63) is 34.3 Å². The summed E-state index contributed by atoms with van der Waals surface area (Å²) in [4.78, 5) is 23.6. The summed E-state index contributed by atoms with van der Waals surface area (Å²) < 4.78 is 0. The van der Waals surface area contributed by atoms with Gasteiger partial charge in [0.25, 0.3) is 0 Å². The number of carbonyl (C=O) groups is 2. The fraction of sp³-hybridized carbons (Fsp3) is 0.500. The van der Waals surface area contributed by atoms with Crippen LogP contribution >= 0.6 is 23.2 Å². The van der Waals surface area contributed by atoms with Gasteiger partial charge in [-0.05, 0) is 18.2 Å². The first kappa shape index (κ1) is 21.4. The van der Waals surface area contributed by atoms with E-state index in [1.165, 1.54) is 6.38 Å². The molecule has 1 aromatic rings. The summed E-state index contributed by atoms with van der Waals surface area (Å²) in [6.45, 7) is 9.40. The van der Waals surface area contributed by atoms with E-state index in [9.17, 15) is 9.59 Å². The molecule has 2 nitrogen and oxygen atoms in total. The van der Waals surface area contributed by atoms with Crippen LogP contribution in [0.3, 0.4) is 0 Å². The Labute approximate surface area is 132 Å². The number of Topliss-reactive ketones (excluding diaryl/α,β-unsaturated/α-hetero) is 2. The highest BCUT2D eigenvalue weighted by molar-refractivity contribution is 6.31. The van der Waals surface area contributed by atoms with Crippen LogP contribution in [0, 0.1) is 5.92 Å². The molecule has 0 atom stereocenters. The zero-order chi connectivity index (χ0) is 16.3. The normalized spacial score (nSPS) is 9.05.